The second-order valence-electron chi connectivity index (χ2n) is 3.99. The van der Waals surface area contributed by atoms with Gasteiger partial charge in [0.25, 0.3) is 0 Å². The van der Waals surface area contributed by atoms with Gasteiger partial charge in [-0.1, -0.05) is 31.5 Å². The van der Waals surface area contributed by atoms with Crippen LogP contribution in [-0.2, 0) is 6.42 Å². The zero-order chi connectivity index (χ0) is 12.3. The van der Waals surface area contributed by atoms with E-state index in [1.165, 1.54) is 5.56 Å². The number of benzene rings is 1. The standard InChI is InChI=1S/C13H16N4/c1-2-4-9-5-3-6-10(7-9)11-8-12(14)17-13(15)16-11/h3,5-8H,2,4H2,1H3,(H4,14,15,16,17). The van der Waals surface area contributed by atoms with Crippen LogP contribution in [0.4, 0.5) is 11.8 Å². The molecule has 4 heteroatoms. The van der Waals surface area contributed by atoms with Crippen molar-refractivity contribution >= 4 is 11.8 Å². The van der Waals surface area contributed by atoms with E-state index < -0.39 is 0 Å². The van der Waals surface area contributed by atoms with Crippen LogP contribution in [0.1, 0.15) is 18.9 Å². The first-order valence-electron chi connectivity index (χ1n) is 5.68. The smallest absolute Gasteiger partial charge is 0.222 e. The highest BCUT2D eigenvalue weighted by Crippen LogP contribution is 2.21. The Balaban J connectivity index is 2.41. The lowest BCUT2D eigenvalue weighted by Crippen LogP contribution is -2.00. The van der Waals surface area contributed by atoms with Crippen molar-refractivity contribution in [2.24, 2.45) is 0 Å². The quantitative estimate of drug-likeness (QED) is 0.844. The second kappa shape index (κ2) is 4.82. The first-order chi connectivity index (χ1) is 8.19. The Labute approximate surface area is 101 Å². The van der Waals surface area contributed by atoms with E-state index in [4.69, 9.17) is 11.5 Å². The van der Waals surface area contributed by atoms with Crippen LogP contribution in [0.15, 0.2) is 30.3 Å². The number of anilines is 2. The molecule has 0 saturated heterocycles. The molecule has 0 aliphatic rings. The Morgan fingerprint density at radius 3 is 2.65 bits per heavy atom. The average Bonchev–Trinajstić information content (AvgIpc) is 2.28. The molecule has 0 unspecified atom stereocenters. The highest BCUT2D eigenvalue weighted by atomic mass is 15.0. The van der Waals surface area contributed by atoms with Gasteiger partial charge in [0.1, 0.15) is 5.82 Å². The van der Waals surface area contributed by atoms with Crippen LogP contribution >= 0.6 is 0 Å². The molecule has 2 rings (SSSR count). The first kappa shape index (κ1) is 11.4. The molecule has 1 aromatic heterocycles. The lowest BCUT2D eigenvalue weighted by molar-refractivity contribution is 0.922. The van der Waals surface area contributed by atoms with Crippen molar-refractivity contribution in [3.05, 3.63) is 35.9 Å². The van der Waals surface area contributed by atoms with E-state index in [2.05, 4.69) is 29.0 Å². The molecule has 1 aromatic carbocycles. The molecule has 0 spiro atoms. The molecule has 0 atom stereocenters. The number of nitrogen functional groups attached to an aromatic ring is 2. The molecule has 17 heavy (non-hydrogen) atoms. The van der Waals surface area contributed by atoms with Gasteiger partial charge in [-0.2, -0.15) is 4.98 Å². The van der Waals surface area contributed by atoms with E-state index in [-0.39, 0.29) is 5.95 Å². The topological polar surface area (TPSA) is 77.8 Å². The fourth-order valence-corrected chi connectivity index (χ4v) is 1.81. The SMILES string of the molecule is CCCc1cccc(-c2cc(N)nc(N)n2)c1. The van der Waals surface area contributed by atoms with Crippen molar-refractivity contribution < 1.29 is 0 Å². The Morgan fingerprint density at radius 1 is 1.12 bits per heavy atom. The van der Waals surface area contributed by atoms with Gasteiger partial charge in [-0.3, -0.25) is 0 Å². The van der Waals surface area contributed by atoms with Crippen molar-refractivity contribution in [2.45, 2.75) is 19.8 Å². The lowest BCUT2D eigenvalue weighted by atomic mass is 10.0. The van der Waals surface area contributed by atoms with E-state index in [0.717, 1.165) is 24.1 Å². The monoisotopic (exact) mass is 228 g/mol. The van der Waals surface area contributed by atoms with E-state index in [1.54, 1.807) is 6.07 Å². The van der Waals surface area contributed by atoms with Crippen LogP contribution in [0.5, 0.6) is 0 Å². The van der Waals surface area contributed by atoms with Crippen LogP contribution in [0.2, 0.25) is 0 Å². The van der Waals surface area contributed by atoms with E-state index in [0.29, 0.717) is 5.82 Å². The molecule has 0 radical (unpaired) electrons. The number of rotatable bonds is 3. The molecule has 2 aromatic rings. The van der Waals surface area contributed by atoms with Gasteiger partial charge in [0.15, 0.2) is 0 Å². The maximum atomic E-state index is 5.66. The Kier molecular flexibility index (Phi) is 3.23. The third kappa shape index (κ3) is 2.72. The van der Waals surface area contributed by atoms with Crippen LogP contribution in [0.25, 0.3) is 11.3 Å². The summed E-state index contributed by atoms with van der Waals surface area (Å²) in [6.07, 6.45) is 2.18. The summed E-state index contributed by atoms with van der Waals surface area (Å²) in [5, 5.41) is 0. The van der Waals surface area contributed by atoms with Crippen molar-refractivity contribution in [1.82, 2.24) is 9.97 Å². The van der Waals surface area contributed by atoms with Gasteiger partial charge < -0.3 is 11.5 Å². The van der Waals surface area contributed by atoms with Crippen molar-refractivity contribution in [1.29, 1.82) is 0 Å². The van der Waals surface area contributed by atoms with Crippen molar-refractivity contribution in [3.8, 4) is 11.3 Å². The second-order valence-corrected chi connectivity index (χ2v) is 3.99. The minimum atomic E-state index is 0.209. The average molecular weight is 228 g/mol. The molecule has 0 fully saturated rings. The molecule has 0 bridgehead atoms. The molecule has 1 heterocycles. The largest absolute Gasteiger partial charge is 0.384 e. The fraction of sp³-hybridized carbons (Fsp3) is 0.231. The molecule has 0 aliphatic carbocycles. The van der Waals surface area contributed by atoms with Gasteiger partial charge in [-0.15, -0.1) is 0 Å². The highest BCUT2D eigenvalue weighted by molar-refractivity contribution is 5.63. The Hall–Kier alpha value is -2.10. The van der Waals surface area contributed by atoms with Crippen molar-refractivity contribution in [3.63, 3.8) is 0 Å². The molecule has 0 aliphatic heterocycles. The Bertz CT molecular complexity index is 502. The maximum Gasteiger partial charge on any atom is 0.222 e. The zero-order valence-electron chi connectivity index (χ0n) is 9.85. The van der Waals surface area contributed by atoms with Crippen LogP contribution < -0.4 is 11.5 Å². The fourth-order valence-electron chi connectivity index (χ4n) is 1.81. The maximum absolute atomic E-state index is 5.66. The predicted molar refractivity (Wildman–Crippen MR) is 70.3 cm³/mol. The molecule has 0 saturated carbocycles. The van der Waals surface area contributed by atoms with E-state index in [9.17, 15) is 0 Å². The summed E-state index contributed by atoms with van der Waals surface area (Å²) in [5.74, 6) is 0.606. The minimum absolute atomic E-state index is 0.209. The number of aryl methyl sites for hydroxylation is 1. The van der Waals surface area contributed by atoms with Crippen LogP contribution in [0.3, 0.4) is 0 Å². The van der Waals surface area contributed by atoms with Gasteiger partial charge in [-0.25, -0.2) is 4.98 Å². The van der Waals surface area contributed by atoms with Gasteiger partial charge in [0.05, 0.1) is 5.69 Å². The first-order valence-corrected chi connectivity index (χ1v) is 5.68. The normalized spacial score (nSPS) is 10.4. The summed E-state index contributed by atoms with van der Waals surface area (Å²) in [4.78, 5) is 8.06. The summed E-state index contributed by atoms with van der Waals surface area (Å²) in [6.45, 7) is 2.16. The number of hydrogen-bond donors (Lipinski definition) is 2. The minimum Gasteiger partial charge on any atom is -0.384 e. The zero-order valence-corrected chi connectivity index (χ0v) is 9.85. The van der Waals surface area contributed by atoms with Crippen LogP contribution in [-0.4, -0.2) is 9.97 Å². The van der Waals surface area contributed by atoms with Crippen molar-refractivity contribution in [2.75, 3.05) is 11.5 Å². The van der Waals surface area contributed by atoms with Crippen LogP contribution in [0, 0.1) is 0 Å². The molecular formula is C13H16N4. The highest BCUT2D eigenvalue weighted by Gasteiger charge is 2.03. The molecule has 0 amide bonds. The van der Waals surface area contributed by atoms with Gasteiger partial charge in [0, 0.05) is 11.6 Å². The summed E-state index contributed by atoms with van der Waals surface area (Å²) < 4.78 is 0. The number of hydrogen-bond acceptors (Lipinski definition) is 4. The van der Waals surface area contributed by atoms with Gasteiger partial charge >= 0.3 is 0 Å². The number of nitrogens with two attached hydrogens (primary N) is 2. The third-order valence-corrected chi connectivity index (χ3v) is 2.52. The molecule has 4 nitrogen and oxygen atoms in total. The summed E-state index contributed by atoms with van der Waals surface area (Å²) in [7, 11) is 0. The Morgan fingerprint density at radius 2 is 1.94 bits per heavy atom. The number of aromatic nitrogens is 2. The summed E-state index contributed by atoms with van der Waals surface area (Å²) in [5.41, 5.74) is 14.3. The molecule has 88 valence electrons. The summed E-state index contributed by atoms with van der Waals surface area (Å²) in [6, 6.07) is 9.99. The third-order valence-electron chi connectivity index (χ3n) is 2.52. The molecule has 4 N–H and O–H groups in total. The van der Waals surface area contributed by atoms with E-state index in [1.807, 2.05) is 12.1 Å². The van der Waals surface area contributed by atoms with Gasteiger partial charge in [-0.05, 0) is 18.1 Å². The molecular weight excluding hydrogens is 212 g/mol. The predicted octanol–water partition coefficient (Wildman–Crippen LogP) is 2.26. The lowest BCUT2D eigenvalue weighted by Gasteiger charge is -2.05. The summed E-state index contributed by atoms with van der Waals surface area (Å²) >= 11 is 0. The van der Waals surface area contributed by atoms with Gasteiger partial charge in [0.2, 0.25) is 5.95 Å². The number of nitrogens with zero attached hydrogens (tertiary/aromatic N) is 2. The van der Waals surface area contributed by atoms with E-state index >= 15 is 0 Å².